The number of aromatic nitrogens is 1. The predicted octanol–water partition coefficient (Wildman–Crippen LogP) is 1.53. The maximum atomic E-state index is 11.4. The molecule has 7 nitrogen and oxygen atoms in total. The molecule has 1 saturated carbocycles. The first-order valence-corrected chi connectivity index (χ1v) is 8.30. The molecule has 0 saturated heterocycles. The van der Waals surface area contributed by atoms with Crippen molar-refractivity contribution in [1.29, 1.82) is 0 Å². The van der Waals surface area contributed by atoms with Crippen LogP contribution in [0.5, 0.6) is 0 Å². The van der Waals surface area contributed by atoms with Crippen molar-refractivity contribution in [1.82, 2.24) is 4.98 Å². The summed E-state index contributed by atoms with van der Waals surface area (Å²) in [4.78, 5) is 14.2. The zero-order valence-electron chi connectivity index (χ0n) is 11.4. The monoisotopic (exact) mass is 299 g/mol. The lowest BCUT2D eigenvalue weighted by molar-refractivity contribution is -0.385. The molecule has 0 unspecified atom stereocenters. The van der Waals surface area contributed by atoms with Gasteiger partial charge in [0.05, 0.1) is 10.7 Å². The second kappa shape index (κ2) is 5.01. The van der Waals surface area contributed by atoms with E-state index in [0.717, 1.165) is 12.8 Å². The van der Waals surface area contributed by atoms with Crippen LogP contribution < -0.4 is 5.32 Å². The van der Waals surface area contributed by atoms with Crippen molar-refractivity contribution in [2.75, 3.05) is 23.9 Å². The molecule has 0 bridgehead atoms. The van der Waals surface area contributed by atoms with Gasteiger partial charge in [0.2, 0.25) is 0 Å². The number of nitro groups is 1. The highest BCUT2D eigenvalue weighted by Gasteiger charge is 2.45. The molecular formula is C12H17N3O4S. The van der Waals surface area contributed by atoms with E-state index in [1.54, 1.807) is 13.0 Å². The van der Waals surface area contributed by atoms with Crippen LogP contribution in [0, 0.1) is 22.5 Å². The average Bonchev–Trinajstić information content (AvgIpc) is 3.04. The molecule has 0 aromatic carbocycles. The van der Waals surface area contributed by atoms with E-state index in [1.165, 1.54) is 12.5 Å². The molecule has 1 N–H and O–H groups in total. The number of anilines is 1. The van der Waals surface area contributed by atoms with Crippen molar-refractivity contribution < 1.29 is 13.3 Å². The normalized spacial score (nSPS) is 16.7. The third-order valence-corrected chi connectivity index (χ3v) is 4.59. The molecule has 1 aromatic heterocycles. The summed E-state index contributed by atoms with van der Waals surface area (Å²) in [6.07, 6.45) is 4.20. The molecule has 0 amide bonds. The number of nitrogens with one attached hydrogen (secondary N) is 1. The molecule has 1 aliphatic carbocycles. The summed E-state index contributed by atoms with van der Waals surface area (Å²) in [7, 11) is -3.00. The van der Waals surface area contributed by atoms with E-state index >= 15 is 0 Å². The number of pyridine rings is 1. The second-order valence-corrected chi connectivity index (χ2v) is 7.68. The summed E-state index contributed by atoms with van der Waals surface area (Å²) in [6.45, 7) is 2.17. The van der Waals surface area contributed by atoms with E-state index in [0.29, 0.717) is 17.9 Å². The van der Waals surface area contributed by atoms with Crippen LogP contribution in [0.1, 0.15) is 18.4 Å². The topological polar surface area (TPSA) is 102 Å². The zero-order chi connectivity index (χ0) is 15.0. The lowest BCUT2D eigenvalue weighted by atomic mass is 10.1. The van der Waals surface area contributed by atoms with Gasteiger partial charge in [-0.05, 0) is 25.8 Å². The molecule has 1 aromatic rings. The molecule has 1 aliphatic rings. The highest BCUT2D eigenvalue weighted by molar-refractivity contribution is 7.90. The fourth-order valence-corrected chi connectivity index (χ4v) is 3.72. The number of nitrogens with zero attached hydrogens (tertiary/aromatic N) is 2. The van der Waals surface area contributed by atoms with E-state index in [2.05, 4.69) is 10.3 Å². The van der Waals surface area contributed by atoms with Gasteiger partial charge in [0.1, 0.15) is 21.9 Å². The Bertz CT molecular complexity index is 638. The van der Waals surface area contributed by atoms with Crippen LogP contribution >= 0.6 is 0 Å². The van der Waals surface area contributed by atoms with Crippen LogP contribution in [0.3, 0.4) is 0 Å². The van der Waals surface area contributed by atoms with Gasteiger partial charge in [0, 0.05) is 23.8 Å². The second-order valence-electron chi connectivity index (χ2n) is 5.54. The molecule has 110 valence electrons. The minimum Gasteiger partial charge on any atom is -0.369 e. The van der Waals surface area contributed by atoms with Crippen LogP contribution in [0.4, 0.5) is 11.5 Å². The van der Waals surface area contributed by atoms with Gasteiger partial charge in [-0.15, -0.1) is 0 Å². The van der Waals surface area contributed by atoms with Gasteiger partial charge in [-0.2, -0.15) is 0 Å². The van der Waals surface area contributed by atoms with Crippen molar-refractivity contribution in [3.63, 3.8) is 0 Å². The lowest BCUT2D eigenvalue weighted by Crippen LogP contribution is -2.24. The van der Waals surface area contributed by atoms with Crippen molar-refractivity contribution >= 4 is 21.3 Å². The first-order valence-electron chi connectivity index (χ1n) is 6.23. The van der Waals surface area contributed by atoms with Crippen LogP contribution in [0.25, 0.3) is 0 Å². The Hall–Kier alpha value is -1.70. The summed E-state index contributed by atoms with van der Waals surface area (Å²) < 4.78 is 22.7. The summed E-state index contributed by atoms with van der Waals surface area (Å²) in [5.74, 6) is 0.701. The minimum absolute atomic E-state index is 0.0205. The van der Waals surface area contributed by atoms with Gasteiger partial charge in [0.25, 0.3) is 5.69 Å². The Kier molecular flexibility index (Phi) is 3.68. The third-order valence-electron chi connectivity index (χ3n) is 3.45. The van der Waals surface area contributed by atoms with Gasteiger partial charge in [-0.3, -0.25) is 10.1 Å². The summed E-state index contributed by atoms with van der Waals surface area (Å²) in [5, 5.41) is 13.8. The van der Waals surface area contributed by atoms with E-state index in [1.807, 2.05) is 0 Å². The van der Waals surface area contributed by atoms with E-state index in [-0.39, 0.29) is 16.9 Å². The number of hydrogen-bond donors (Lipinski definition) is 1. The van der Waals surface area contributed by atoms with Crippen LogP contribution in [0.15, 0.2) is 12.3 Å². The van der Waals surface area contributed by atoms with Gasteiger partial charge in [-0.1, -0.05) is 0 Å². The van der Waals surface area contributed by atoms with Crippen molar-refractivity contribution in [3.05, 3.63) is 27.9 Å². The third kappa shape index (κ3) is 3.66. The first-order chi connectivity index (χ1) is 9.21. The predicted molar refractivity (Wildman–Crippen MR) is 75.5 cm³/mol. The number of sulfone groups is 1. The molecule has 0 radical (unpaired) electrons. The molecule has 0 atom stereocenters. The Morgan fingerprint density at radius 1 is 1.50 bits per heavy atom. The average molecular weight is 299 g/mol. The molecule has 8 heteroatoms. The maximum absolute atomic E-state index is 11.4. The van der Waals surface area contributed by atoms with E-state index in [4.69, 9.17) is 0 Å². The van der Waals surface area contributed by atoms with Crippen molar-refractivity contribution in [3.8, 4) is 0 Å². The van der Waals surface area contributed by atoms with Crippen LogP contribution in [-0.4, -0.2) is 36.9 Å². The Labute approximate surface area is 117 Å². The Balaban J connectivity index is 2.02. The minimum atomic E-state index is -3.00. The fraction of sp³-hybridized carbons (Fsp3) is 0.583. The van der Waals surface area contributed by atoms with Gasteiger partial charge in [0.15, 0.2) is 0 Å². The van der Waals surface area contributed by atoms with Gasteiger partial charge < -0.3 is 5.32 Å². The van der Waals surface area contributed by atoms with Crippen molar-refractivity contribution in [2.24, 2.45) is 5.41 Å². The molecule has 0 aliphatic heterocycles. The lowest BCUT2D eigenvalue weighted by Gasteiger charge is -2.15. The molecular weight excluding hydrogens is 282 g/mol. The Morgan fingerprint density at radius 2 is 2.15 bits per heavy atom. The SMILES string of the molecule is Cc1cc(NCC2(CS(C)(=O)=O)CC2)ncc1[N+](=O)[O-]. The van der Waals surface area contributed by atoms with Crippen LogP contribution in [-0.2, 0) is 9.84 Å². The number of aryl methyl sites for hydroxylation is 1. The highest BCUT2D eigenvalue weighted by Crippen LogP contribution is 2.46. The Morgan fingerprint density at radius 3 is 2.60 bits per heavy atom. The van der Waals surface area contributed by atoms with Crippen molar-refractivity contribution in [2.45, 2.75) is 19.8 Å². The van der Waals surface area contributed by atoms with Crippen LogP contribution in [0.2, 0.25) is 0 Å². The molecule has 1 heterocycles. The quantitative estimate of drug-likeness (QED) is 0.631. The summed E-state index contributed by atoms with van der Waals surface area (Å²) in [6, 6.07) is 1.61. The standard InChI is InChI=1S/C12H17N3O4S/c1-9-5-11(13-6-10(9)15(16)17)14-7-12(3-4-12)8-20(2,18)19/h5-6H,3-4,7-8H2,1-2H3,(H,13,14). The largest absolute Gasteiger partial charge is 0.369 e. The van der Waals surface area contributed by atoms with Gasteiger partial charge in [-0.25, -0.2) is 13.4 Å². The zero-order valence-corrected chi connectivity index (χ0v) is 12.2. The van der Waals surface area contributed by atoms with E-state index < -0.39 is 14.8 Å². The summed E-state index contributed by atoms with van der Waals surface area (Å²) >= 11 is 0. The highest BCUT2D eigenvalue weighted by atomic mass is 32.2. The molecule has 20 heavy (non-hydrogen) atoms. The first kappa shape index (κ1) is 14.7. The summed E-state index contributed by atoms with van der Waals surface area (Å²) in [5.41, 5.74) is 0.304. The van der Waals surface area contributed by atoms with Gasteiger partial charge >= 0.3 is 0 Å². The fourth-order valence-electron chi connectivity index (χ4n) is 2.22. The van der Waals surface area contributed by atoms with E-state index in [9.17, 15) is 18.5 Å². The number of hydrogen-bond acceptors (Lipinski definition) is 6. The number of rotatable bonds is 6. The smallest absolute Gasteiger partial charge is 0.290 e. The molecule has 2 rings (SSSR count). The molecule has 0 spiro atoms. The maximum Gasteiger partial charge on any atom is 0.290 e. The molecule has 1 fully saturated rings.